The third-order valence-corrected chi connectivity index (χ3v) is 4.45. The molecule has 0 aliphatic heterocycles. The zero-order valence-electron chi connectivity index (χ0n) is 14.0. The minimum Gasteiger partial charge on any atom is -0.493 e. The van der Waals surface area contributed by atoms with E-state index in [0.717, 1.165) is 21.3 Å². The average molecular weight is 393 g/mol. The second kappa shape index (κ2) is 8.59. The zero-order chi connectivity index (χ0) is 17.5. The molecule has 0 saturated carbocycles. The van der Waals surface area contributed by atoms with Crippen molar-refractivity contribution in [2.24, 2.45) is 0 Å². The van der Waals surface area contributed by atoms with Gasteiger partial charge in [0.1, 0.15) is 0 Å². The molecule has 0 bridgehead atoms. The molecule has 0 unspecified atom stereocenters. The number of ether oxygens (including phenoxy) is 2. The Labute approximate surface area is 150 Å². The minimum atomic E-state index is -0.225. The summed E-state index contributed by atoms with van der Waals surface area (Å²) in [5.41, 5.74) is 2.89. The average Bonchev–Trinajstić information content (AvgIpc) is 2.58. The summed E-state index contributed by atoms with van der Waals surface area (Å²) in [6, 6.07) is 11.2. The molecular formula is C18H21BrN2O3. The van der Waals surface area contributed by atoms with Crippen molar-refractivity contribution in [1.82, 2.24) is 5.32 Å². The molecule has 0 atom stereocenters. The van der Waals surface area contributed by atoms with Gasteiger partial charge in [0.05, 0.1) is 14.2 Å². The fourth-order valence-electron chi connectivity index (χ4n) is 2.25. The molecule has 0 fully saturated rings. The molecule has 0 saturated heterocycles. The third kappa shape index (κ3) is 4.89. The molecule has 0 radical (unpaired) electrons. The van der Waals surface area contributed by atoms with Gasteiger partial charge in [-0.25, -0.2) is 4.79 Å². The molecule has 0 aliphatic rings. The first-order valence-corrected chi connectivity index (χ1v) is 8.34. The van der Waals surface area contributed by atoms with Crippen molar-refractivity contribution in [2.75, 3.05) is 26.1 Å². The number of aryl methyl sites for hydroxylation is 1. The van der Waals surface area contributed by atoms with Crippen LogP contribution in [0.4, 0.5) is 10.5 Å². The van der Waals surface area contributed by atoms with Crippen molar-refractivity contribution < 1.29 is 14.3 Å². The lowest BCUT2D eigenvalue weighted by molar-refractivity contribution is 0.252. The number of urea groups is 1. The van der Waals surface area contributed by atoms with Gasteiger partial charge in [-0.1, -0.05) is 22.0 Å². The second-order valence-electron chi connectivity index (χ2n) is 5.28. The maximum atomic E-state index is 11.9. The predicted molar refractivity (Wildman–Crippen MR) is 99.2 cm³/mol. The number of benzene rings is 2. The van der Waals surface area contributed by atoms with Crippen LogP contribution in [0, 0.1) is 6.92 Å². The first kappa shape index (κ1) is 18.1. The number of hydrogen-bond acceptors (Lipinski definition) is 3. The smallest absolute Gasteiger partial charge is 0.319 e. The van der Waals surface area contributed by atoms with Crippen LogP contribution in [0.1, 0.15) is 11.1 Å². The Bertz CT molecular complexity index is 719. The van der Waals surface area contributed by atoms with Crippen molar-refractivity contribution in [1.29, 1.82) is 0 Å². The number of carbonyl (C=O) groups is 1. The van der Waals surface area contributed by atoms with E-state index in [-0.39, 0.29) is 6.03 Å². The van der Waals surface area contributed by atoms with Crippen LogP contribution in [-0.2, 0) is 6.42 Å². The van der Waals surface area contributed by atoms with Crippen molar-refractivity contribution in [3.8, 4) is 11.5 Å². The van der Waals surface area contributed by atoms with E-state index < -0.39 is 0 Å². The van der Waals surface area contributed by atoms with Gasteiger partial charge in [0.25, 0.3) is 0 Å². The van der Waals surface area contributed by atoms with Crippen molar-refractivity contribution in [3.63, 3.8) is 0 Å². The maximum Gasteiger partial charge on any atom is 0.319 e. The van der Waals surface area contributed by atoms with Crippen molar-refractivity contribution in [2.45, 2.75) is 13.3 Å². The van der Waals surface area contributed by atoms with Crippen LogP contribution in [0.3, 0.4) is 0 Å². The summed E-state index contributed by atoms with van der Waals surface area (Å²) in [6.45, 7) is 2.50. The fourth-order valence-corrected chi connectivity index (χ4v) is 2.50. The Kier molecular flexibility index (Phi) is 6.49. The molecule has 128 valence electrons. The number of nitrogens with one attached hydrogen (secondary N) is 2. The molecular weight excluding hydrogens is 372 g/mol. The van der Waals surface area contributed by atoms with E-state index in [1.54, 1.807) is 14.2 Å². The second-order valence-corrected chi connectivity index (χ2v) is 6.14. The van der Waals surface area contributed by atoms with Gasteiger partial charge in [0, 0.05) is 16.7 Å². The van der Waals surface area contributed by atoms with Crippen LogP contribution in [0.25, 0.3) is 0 Å². The molecule has 2 N–H and O–H groups in total. The summed E-state index contributed by atoms with van der Waals surface area (Å²) in [5.74, 6) is 1.38. The van der Waals surface area contributed by atoms with Crippen LogP contribution in [-0.4, -0.2) is 26.8 Å². The molecule has 0 aromatic heterocycles. The summed E-state index contributed by atoms with van der Waals surface area (Å²) in [6.07, 6.45) is 0.702. The fraction of sp³-hybridized carbons (Fsp3) is 0.278. The Balaban J connectivity index is 1.85. The Morgan fingerprint density at radius 1 is 1.08 bits per heavy atom. The lowest BCUT2D eigenvalue weighted by atomic mass is 10.1. The highest BCUT2D eigenvalue weighted by Crippen LogP contribution is 2.27. The number of hydrogen-bond donors (Lipinski definition) is 2. The summed E-state index contributed by atoms with van der Waals surface area (Å²) >= 11 is 3.44. The lowest BCUT2D eigenvalue weighted by Crippen LogP contribution is -2.30. The summed E-state index contributed by atoms with van der Waals surface area (Å²) in [7, 11) is 3.21. The summed E-state index contributed by atoms with van der Waals surface area (Å²) in [5, 5.41) is 5.67. The number of methoxy groups -OCH3 is 2. The SMILES string of the molecule is COc1ccc(CCNC(=O)Nc2ccc(Br)c(C)c2)cc1OC. The number of carbonyl (C=O) groups excluding carboxylic acids is 1. The highest BCUT2D eigenvalue weighted by molar-refractivity contribution is 9.10. The molecule has 0 heterocycles. The van der Waals surface area contributed by atoms with Gasteiger partial charge in [-0.15, -0.1) is 0 Å². The molecule has 24 heavy (non-hydrogen) atoms. The van der Waals surface area contributed by atoms with E-state index in [9.17, 15) is 4.79 Å². The van der Waals surface area contributed by atoms with E-state index in [0.29, 0.717) is 24.5 Å². The van der Waals surface area contributed by atoms with Gasteiger partial charge in [0.15, 0.2) is 11.5 Å². The molecule has 0 spiro atoms. The van der Waals surface area contributed by atoms with E-state index in [2.05, 4.69) is 26.6 Å². The monoisotopic (exact) mass is 392 g/mol. The van der Waals surface area contributed by atoms with Gasteiger partial charge in [-0.3, -0.25) is 0 Å². The first-order chi connectivity index (χ1) is 11.5. The van der Waals surface area contributed by atoms with E-state index in [1.807, 2.05) is 43.3 Å². The van der Waals surface area contributed by atoms with Crippen molar-refractivity contribution >= 4 is 27.6 Å². The van der Waals surface area contributed by atoms with Crippen LogP contribution in [0.2, 0.25) is 0 Å². The van der Waals surface area contributed by atoms with Gasteiger partial charge in [-0.05, 0) is 54.8 Å². The number of amides is 2. The van der Waals surface area contributed by atoms with Gasteiger partial charge in [-0.2, -0.15) is 0 Å². The molecule has 6 heteroatoms. The van der Waals surface area contributed by atoms with Crippen LogP contribution < -0.4 is 20.1 Å². The topological polar surface area (TPSA) is 59.6 Å². The van der Waals surface area contributed by atoms with Crippen LogP contribution in [0.15, 0.2) is 40.9 Å². The van der Waals surface area contributed by atoms with Crippen molar-refractivity contribution in [3.05, 3.63) is 52.0 Å². The van der Waals surface area contributed by atoms with Gasteiger partial charge in [0.2, 0.25) is 0 Å². The van der Waals surface area contributed by atoms with E-state index in [1.165, 1.54) is 0 Å². The highest BCUT2D eigenvalue weighted by Gasteiger charge is 2.06. The highest BCUT2D eigenvalue weighted by atomic mass is 79.9. The van der Waals surface area contributed by atoms with Crippen LogP contribution >= 0.6 is 15.9 Å². The Morgan fingerprint density at radius 3 is 2.50 bits per heavy atom. The van der Waals surface area contributed by atoms with Crippen LogP contribution in [0.5, 0.6) is 11.5 Å². The molecule has 2 aromatic rings. The normalized spacial score (nSPS) is 10.2. The molecule has 5 nitrogen and oxygen atoms in total. The minimum absolute atomic E-state index is 0.225. The molecule has 2 amide bonds. The number of anilines is 1. The molecule has 2 rings (SSSR count). The van der Waals surface area contributed by atoms with E-state index in [4.69, 9.17) is 9.47 Å². The van der Waals surface area contributed by atoms with Gasteiger partial charge >= 0.3 is 6.03 Å². The summed E-state index contributed by atoms with van der Waals surface area (Å²) in [4.78, 5) is 11.9. The third-order valence-electron chi connectivity index (χ3n) is 3.56. The standard InChI is InChI=1S/C18H21BrN2O3/c1-12-10-14(5-6-15(12)19)21-18(22)20-9-8-13-4-7-16(23-2)17(11-13)24-3/h4-7,10-11H,8-9H2,1-3H3,(H2,20,21,22). The Hall–Kier alpha value is -2.21. The number of halogens is 1. The molecule has 2 aromatic carbocycles. The Morgan fingerprint density at radius 2 is 1.83 bits per heavy atom. The first-order valence-electron chi connectivity index (χ1n) is 7.55. The quantitative estimate of drug-likeness (QED) is 0.776. The predicted octanol–water partition coefficient (Wildman–Crippen LogP) is 4.14. The number of rotatable bonds is 6. The maximum absolute atomic E-state index is 11.9. The zero-order valence-corrected chi connectivity index (χ0v) is 15.6. The largest absolute Gasteiger partial charge is 0.493 e. The summed E-state index contributed by atoms with van der Waals surface area (Å²) < 4.78 is 11.5. The lowest BCUT2D eigenvalue weighted by Gasteiger charge is -2.11. The van der Waals surface area contributed by atoms with Gasteiger partial charge < -0.3 is 20.1 Å². The van der Waals surface area contributed by atoms with E-state index >= 15 is 0 Å². The molecule has 0 aliphatic carbocycles.